The van der Waals surface area contributed by atoms with Crippen molar-refractivity contribution in [3.63, 3.8) is 0 Å². The molecule has 1 aliphatic carbocycles. The Morgan fingerprint density at radius 3 is 2.53 bits per heavy atom. The van der Waals surface area contributed by atoms with E-state index in [4.69, 9.17) is 0 Å². The molecule has 184 valence electrons. The summed E-state index contributed by atoms with van der Waals surface area (Å²) in [5, 5.41) is 24.3. The van der Waals surface area contributed by atoms with E-state index in [-0.39, 0.29) is 28.3 Å². The highest BCUT2D eigenvalue weighted by molar-refractivity contribution is 7.88. The van der Waals surface area contributed by atoms with E-state index < -0.39 is 39.2 Å². The number of hydrogen-bond acceptors (Lipinski definition) is 7. The van der Waals surface area contributed by atoms with Gasteiger partial charge in [-0.15, -0.1) is 0 Å². The smallest absolute Gasteiger partial charge is 0.269 e. The molecule has 9 nitrogen and oxygen atoms in total. The third kappa shape index (κ3) is 4.39. The van der Waals surface area contributed by atoms with E-state index >= 15 is 0 Å². The minimum absolute atomic E-state index is 0.0312. The second kappa shape index (κ2) is 8.87. The number of nitrogens with zero attached hydrogens (tertiary/aromatic N) is 4. The molecule has 2 N–H and O–H groups in total. The van der Waals surface area contributed by atoms with E-state index in [1.807, 2.05) is 0 Å². The van der Waals surface area contributed by atoms with E-state index in [9.17, 15) is 32.4 Å². The van der Waals surface area contributed by atoms with Crippen LogP contribution >= 0.6 is 0 Å². The SMILES string of the molecule is C[C@@]1(O)CCC[C@H]1n1c(=O)c(C(F)F)cc2cnc(NC3CCN(S(C)(=O)=O)CC3)c(C#N)c21. The van der Waals surface area contributed by atoms with Crippen LogP contribution in [-0.2, 0) is 10.0 Å². The number of rotatable bonds is 5. The van der Waals surface area contributed by atoms with Gasteiger partial charge in [-0.05, 0) is 45.1 Å². The molecule has 0 bridgehead atoms. The highest BCUT2D eigenvalue weighted by atomic mass is 32.2. The molecule has 2 aliphatic rings. The molecule has 4 rings (SSSR count). The first-order valence-electron chi connectivity index (χ1n) is 11.1. The van der Waals surface area contributed by atoms with Crippen LogP contribution in [0.3, 0.4) is 0 Å². The number of aliphatic hydroxyl groups is 1. The van der Waals surface area contributed by atoms with Crippen LogP contribution in [0.2, 0.25) is 0 Å². The molecule has 0 radical (unpaired) electrons. The van der Waals surface area contributed by atoms with E-state index in [0.717, 1.165) is 16.9 Å². The molecule has 0 aromatic carbocycles. The van der Waals surface area contributed by atoms with Gasteiger partial charge in [-0.2, -0.15) is 5.26 Å². The molecular weight excluding hydrogens is 468 g/mol. The maximum atomic E-state index is 13.7. The number of fused-ring (bicyclic) bond motifs is 1. The fourth-order valence-electron chi connectivity index (χ4n) is 5.08. The molecule has 2 aromatic rings. The zero-order chi connectivity index (χ0) is 24.8. The molecule has 1 saturated heterocycles. The Kier molecular flexibility index (Phi) is 6.39. The lowest BCUT2D eigenvalue weighted by Crippen LogP contribution is -2.42. The van der Waals surface area contributed by atoms with Crippen molar-refractivity contribution in [2.45, 2.75) is 63.1 Å². The van der Waals surface area contributed by atoms with Crippen LogP contribution in [0.4, 0.5) is 14.6 Å². The van der Waals surface area contributed by atoms with Gasteiger partial charge in [-0.3, -0.25) is 4.79 Å². The molecule has 2 fully saturated rings. The lowest BCUT2D eigenvalue weighted by molar-refractivity contribution is 0.0263. The van der Waals surface area contributed by atoms with Crippen molar-refractivity contribution >= 4 is 26.7 Å². The predicted octanol–water partition coefficient (Wildman–Crippen LogP) is 2.52. The fourth-order valence-corrected chi connectivity index (χ4v) is 5.96. The molecule has 0 amide bonds. The molecule has 1 aliphatic heterocycles. The molecule has 3 heterocycles. The van der Waals surface area contributed by atoms with Crippen LogP contribution in [0.25, 0.3) is 10.9 Å². The number of alkyl halides is 2. The molecule has 0 unspecified atom stereocenters. The topological polar surface area (TPSA) is 128 Å². The second-order valence-corrected chi connectivity index (χ2v) is 11.3. The maximum Gasteiger partial charge on any atom is 0.269 e. The van der Waals surface area contributed by atoms with Crippen molar-refractivity contribution in [2.24, 2.45) is 0 Å². The molecule has 0 spiro atoms. The van der Waals surface area contributed by atoms with Crippen molar-refractivity contribution in [1.82, 2.24) is 13.9 Å². The Labute approximate surface area is 196 Å². The van der Waals surface area contributed by atoms with Gasteiger partial charge in [0.25, 0.3) is 12.0 Å². The third-order valence-electron chi connectivity index (χ3n) is 6.90. The quantitative estimate of drug-likeness (QED) is 0.652. The molecule has 2 aromatic heterocycles. The van der Waals surface area contributed by atoms with Crippen molar-refractivity contribution in [3.05, 3.63) is 33.7 Å². The summed E-state index contributed by atoms with van der Waals surface area (Å²) in [7, 11) is -3.29. The third-order valence-corrected chi connectivity index (χ3v) is 8.20. The lowest BCUT2D eigenvalue weighted by atomic mass is 9.98. The monoisotopic (exact) mass is 495 g/mol. The van der Waals surface area contributed by atoms with Crippen LogP contribution < -0.4 is 10.9 Å². The zero-order valence-electron chi connectivity index (χ0n) is 19.0. The first-order chi connectivity index (χ1) is 15.9. The Balaban J connectivity index is 1.81. The number of nitriles is 1. The Hall–Kier alpha value is -2.62. The Morgan fingerprint density at radius 2 is 2.00 bits per heavy atom. The number of sulfonamides is 1. The summed E-state index contributed by atoms with van der Waals surface area (Å²) in [5.74, 6) is 0.198. The number of halogens is 2. The minimum atomic E-state index is -3.29. The van der Waals surface area contributed by atoms with Gasteiger partial charge in [0, 0.05) is 30.7 Å². The standard InChI is InChI=1S/C22H27F2N5O4S/c1-22(31)7-3-4-17(22)29-18-13(10-15(19(23)24)21(29)30)12-26-20(16(18)11-25)27-14-5-8-28(9-6-14)34(2,32)33/h10,12,14,17,19,31H,3-9H2,1-2H3,(H,26,27)/t17-,22-/m1/s1. The molecular formula is C22H27F2N5O4S. The summed E-state index contributed by atoms with van der Waals surface area (Å²) in [4.78, 5) is 17.4. The number of aromatic nitrogens is 2. The number of piperidine rings is 1. The van der Waals surface area contributed by atoms with E-state index in [0.29, 0.717) is 45.2 Å². The summed E-state index contributed by atoms with van der Waals surface area (Å²) in [6, 6.07) is 2.20. The van der Waals surface area contributed by atoms with Gasteiger partial charge < -0.3 is 15.0 Å². The van der Waals surface area contributed by atoms with Gasteiger partial charge in [-0.1, -0.05) is 0 Å². The highest BCUT2D eigenvalue weighted by Crippen LogP contribution is 2.41. The van der Waals surface area contributed by atoms with E-state index in [1.165, 1.54) is 10.5 Å². The summed E-state index contributed by atoms with van der Waals surface area (Å²) in [5.41, 5.74) is -2.72. The molecule has 12 heteroatoms. The summed E-state index contributed by atoms with van der Waals surface area (Å²) < 4.78 is 53.4. The maximum absolute atomic E-state index is 13.7. The molecule has 2 atom stereocenters. The Bertz CT molecular complexity index is 1310. The zero-order valence-corrected chi connectivity index (χ0v) is 19.8. The second-order valence-electron chi connectivity index (χ2n) is 9.32. The van der Waals surface area contributed by atoms with Crippen LogP contribution in [0, 0.1) is 11.3 Å². The number of anilines is 1. The average Bonchev–Trinajstić information content (AvgIpc) is 3.11. The van der Waals surface area contributed by atoms with Crippen molar-refractivity contribution < 1.29 is 22.3 Å². The van der Waals surface area contributed by atoms with Crippen molar-refractivity contribution in [1.29, 1.82) is 5.26 Å². The van der Waals surface area contributed by atoms with E-state index in [2.05, 4.69) is 16.4 Å². The van der Waals surface area contributed by atoms with Gasteiger partial charge in [0.1, 0.15) is 17.5 Å². The van der Waals surface area contributed by atoms with Crippen molar-refractivity contribution in [2.75, 3.05) is 24.7 Å². The summed E-state index contributed by atoms with van der Waals surface area (Å²) in [6.45, 7) is 2.21. The van der Waals surface area contributed by atoms with E-state index in [1.54, 1.807) is 6.92 Å². The van der Waals surface area contributed by atoms with Gasteiger partial charge in [0.05, 0.1) is 29.0 Å². The van der Waals surface area contributed by atoms with Crippen molar-refractivity contribution in [3.8, 4) is 6.07 Å². The molecule has 34 heavy (non-hydrogen) atoms. The van der Waals surface area contributed by atoms with Crippen LogP contribution in [0.15, 0.2) is 17.1 Å². The number of hydrogen-bond donors (Lipinski definition) is 2. The fraction of sp³-hybridized carbons (Fsp3) is 0.591. The predicted molar refractivity (Wildman–Crippen MR) is 122 cm³/mol. The Morgan fingerprint density at radius 1 is 1.32 bits per heavy atom. The van der Waals surface area contributed by atoms with Gasteiger partial charge in [0.15, 0.2) is 0 Å². The highest BCUT2D eigenvalue weighted by Gasteiger charge is 2.40. The summed E-state index contributed by atoms with van der Waals surface area (Å²) in [6.07, 6.45) is 1.90. The summed E-state index contributed by atoms with van der Waals surface area (Å²) >= 11 is 0. The molecule has 1 saturated carbocycles. The minimum Gasteiger partial charge on any atom is -0.388 e. The number of pyridine rings is 2. The number of nitrogens with one attached hydrogen (secondary N) is 1. The first-order valence-corrected chi connectivity index (χ1v) is 13.0. The van der Waals surface area contributed by atoms with Gasteiger partial charge in [-0.25, -0.2) is 26.5 Å². The van der Waals surface area contributed by atoms with Crippen LogP contribution in [-0.4, -0.2) is 58.4 Å². The average molecular weight is 496 g/mol. The largest absolute Gasteiger partial charge is 0.388 e. The first kappa shape index (κ1) is 24.5. The van der Waals surface area contributed by atoms with Gasteiger partial charge in [0.2, 0.25) is 10.0 Å². The lowest BCUT2D eigenvalue weighted by Gasteiger charge is -2.32. The normalized spacial score (nSPS) is 24.6. The van der Waals surface area contributed by atoms with Crippen LogP contribution in [0.5, 0.6) is 0 Å². The van der Waals surface area contributed by atoms with Crippen LogP contribution in [0.1, 0.15) is 62.6 Å². The van der Waals surface area contributed by atoms with Gasteiger partial charge >= 0.3 is 0 Å².